The highest BCUT2D eigenvalue weighted by molar-refractivity contribution is 6.30. The Labute approximate surface area is 106 Å². The molecule has 0 spiro atoms. The van der Waals surface area contributed by atoms with Gasteiger partial charge in [0.2, 0.25) is 5.91 Å². The number of hydrogen-bond donors (Lipinski definition) is 1. The van der Waals surface area contributed by atoms with Crippen LogP contribution in [0.1, 0.15) is 5.56 Å². The summed E-state index contributed by atoms with van der Waals surface area (Å²) in [5.74, 6) is -0.307. The van der Waals surface area contributed by atoms with E-state index in [-0.39, 0.29) is 18.3 Å². The van der Waals surface area contributed by atoms with Crippen LogP contribution < -0.4 is 5.32 Å². The van der Waals surface area contributed by atoms with Crippen LogP contribution in [0.2, 0.25) is 5.02 Å². The van der Waals surface area contributed by atoms with Crippen molar-refractivity contribution in [1.29, 1.82) is 0 Å². The number of hydrogen-bond acceptors (Lipinski definition) is 2. The summed E-state index contributed by atoms with van der Waals surface area (Å²) in [5.41, 5.74) is 0.529. The normalized spacial score (nSPS) is 10.4. The van der Waals surface area contributed by atoms with Crippen molar-refractivity contribution in [3.8, 4) is 0 Å². The highest BCUT2D eigenvalue weighted by Gasteiger charge is 2.09. The molecule has 1 N–H and O–H groups in total. The maximum absolute atomic E-state index is 13.4. The molecule has 3 nitrogen and oxygen atoms in total. The molecule has 0 atom stereocenters. The summed E-state index contributed by atoms with van der Waals surface area (Å²) in [5, 5.41) is 3.29. The van der Waals surface area contributed by atoms with Crippen LogP contribution in [-0.4, -0.2) is 38.0 Å². The van der Waals surface area contributed by atoms with Gasteiger partial charge >= 0.3 is 0 Å². The molecule has 94 valence electrons. The number of amides is 1. The number of rotatable bonds is 5. The Bertz CT molecular complexity index is 398. The van der Waals surface area contributed by atoms with Crippen LogP contribution in [-0.2, 0) is 11.2 Å². The summed E-state index contributed by atoms with van der Waals surface area (Å²) >= 11 is 5.79. The van der Waals surface area contributed by atoms with Gasteiger partial charge in [0.05, 0.1) is 6.54 Å². The van der Waals surface area contributed by atoms with Crippen molar-refractivity contribution in [2.75, 3.05) is 27.2 Å². The van der Waals surface area contributed by atoms with Crippen LogP contribution in [0.15, 0.2) is 18.2 Å². The second-order valence-corrected chi connectivity index (χ2v) is 4.27. The van der Waals surface area contributed by atoms with Gasteiger partial charge in [0.25, 0.3) is 0 Å². The van der Waals surface area contributed by atoms with Gasteiger partial charge in [-0.15, -0.1) is 0 Å². The molecular formula is C12H16ClFN2O. The maximum Gasteiger partial charge on any atom is 0.236 e. The van der Waals surface area contributed by atoms with E-state index in [1.165, 1.54) is 12.1 Å². The third-order valence-corrected chi connectivity index (χ3v) is 2.71. The number of nitrogens with zero attached hydrogens (tertiary/aromatic N) is 1. The van der Waals surface area contributed by atoms with E-state index in [1.807, 2.05) is 0 Å². The molecule has 0 aliphatic heterocycles. The molecule has 0 saturated carbocycles. The van der Waals surface area contributed by atoms with Gasteiger partial charge in [0.15, 0.2) is 0 Å². The zero-order chi connectivity index (χ0) is 12.8. The lowest BCUT2D eigenvalue weighted by Crippen LogP contribution is -2.35. The molecule has 0 aliphatic rings. The van der Waals surface area contributed by atoms with Crippen molar-refractivity contribution in [2.45, 2.75) is 6.42 Å². The molecule has 0 bridgehead atoms. The summed E-state index contributed by atoms with van der Waals surface area (Å²) in [6.45, 7) is 0.756. The second-order valence-electron chi connectivity index (χ2n) is 3.83. The third kappa shape index (κ3) is 4.32. The number of halogens is 2. The van der Waals surface area contributed by atoms with Gasteiger partial charge in [-0.05, 0) is 37.2 Å². The number of likely N-dealkylation sites (N-methyl/N-ethyl adjacent to an activating group) is 2. The molecule has 1 aromatic rings. The molecule has 5 heteroatoms. The summed E-state index contributed by atoms with van der Waals surface area (Å²) in [6, 6.07) is 4.44. The van der Waals surface area contributed by atoms with E-state index in [9.17, 15) is 9.18 Å². The van der Waals surface area contributed by atoms with Crippen LogP contribution in [0.25, 0.3) is 0 Å². The molecule has 0 unspecified atom stereocenters. The van der Waals surface area contributed by atoms with Crippen molar-refractivity contribution < 1.29 is 9.18 Å². The van der Waals surface area contributed by atoms with Crippen molar-refractivity contribution in [2.24, 2.45) is 0 Å². The minimum atomic E-state index is -0.288. The molecule has 1 rings (SSSR count). The largest absolute Gasteiger partial charge is 0.344 e. The molecule has 0 radical (unpaired) electrons. The van der Waals surface area contributed by atoms with E-state index < -0.39 is 0 Å². The average molecular weight is 259 g/mol. The number of benzene rings is 1. The first kappa shape index (κ1) is 13.9. The zero-order valence-electron chi connectivity index (χ0n) is 9.96. The van der Waals surface area contributed by atoms with Gasteiger partial charge < -0.3 is 10.2 Å². The molecule has 0 saturated heterocycles. The number of carbonyl (C=O) groups excluding carboxylic acids is 1. The highest BCUT2D eigenvalue weighted by atomic mass is 35.5. The fraction of sp³-hybridized carbons (Fsp3) is 0.417. The molecule has 17 heavy (non-hydrogen) atoms. The Kier molecular flexibility index (Phi) is 5.38. The standard InChI is InChI=1S/C12H16ClFN2O/c1-15-8-12(17)16(2)6-5-9-7-10(13)3-4-11(9)14/h3-4,7,15H,5-6,8H2,1-2H3. The fourth-order valence-electron chi connectivity index (χ4n) is 1.43. The highest BCUT2D eigenvalue weighted by Crippen LogP contribution is 2.15. The van der Waals surface area contributed by atoms with E-state index in [1.54, 1.807) is 25.1 Å². The van der Waals surface area contributed by atoms with Crippen molar-refractivity contribution in [3.63, 3.8) is 0 Å². The fourth-order valence-corrected chi connectivity index (χ4v) is 1.63. The van der Waals surface area contributed by atoms with Crippen molar-refractivity contribution >= 4 is 17.5 Å². The van der Waals surface area contributed by atoms with E-state index >= 15 is 0 Å². The zero-order valence-corrected chi connectivity index (χ0v) is 10.7. The smallest absolute Gasteiger partial charge is 0.236 e. The Hall–Kier alpha value is -1.13. The first-order valence-corrected chi connectivity index (χ1v) is 5.75. The summed E-state index contributed by atoms with van der Waals surface area (Å²) in [4.78, 5) is 13.0. The first-order chi connectivity index (χ1) is 8.04. The summed E-state index contributed by atoms with van der Waals surface area (Å²) < 4.78 is 13.4. The second kappa shape index (κ2) is 6.57. The minimum Gasteiger partial charge on any atom is -0.344 e. The maximum atomic E-state index is 13.4. The van der Waals surface area contributed by atoms with Gasteiger partial charge in [-0.3, -0.25) is 4.79 Å². The molecule has 1 amide bonds. The Morgan fingerprint density at radius 2 is 2.24 bits per heavy atom. The number of nitrogens with one attached hydrogen (secondary N) is 1. The quantitative estimate of drug-likeness (QED) is 0.872. The van der Waals surface area contributed by atoms with E-state index in [2.05, 4.69) is 5.32 Å². The SMILES string of the molecule is CNCC(=O)N(C)CCc1cc(Cl)ccc1F. The van der Waals surface area contributed by atoms with E-state index in [0.717, 1.165) is 0 Å². The lowest BCUT2D eigenvalue weighted by molar-refractivity contribution is -0.128. The topological polar surface area (TPSA) is 32.3 Å². The summed E-state index contributed by atoms with van der Waals surface area (Å²) in [6.07, 6.45) is 0.457. The van der Waals surface area contributed by atoms with Gasteiger partial charge in [0, 0.05) is 18.6 Å². The van der Waals surface area contributed by atoms with E-state index in [0.29, 0.717) is 23.6 Å². The van der Waals surface area contributed by atoms with Crippen molar-refractivity contribution in [3.05, 3.63) is 34.6 Å². The van der Waals surface area contributed by atoms with Crippen LogP contribution >= 0.6 is 11.6 Å². The third-order valence-electron chi connectivity index (χ3n) is 2.48. The lowest BCUT2D eigenvalue weighted by atomic mass is 10.1. The van der Waals surface area contributed by atoms with Gasteiger partial charge in [-0.25, -0.2) is 4.39 Å². The molecule has 0 fully saturated rings. The van der Waals surface area contributed by atoms with Crippen LogP contribution in [0.4, 0.5) is 4.39 Å². The summed E-state index contributed by atoms with van der Waals surface area (Å²) in [7, 11) is 3.41. The van der Waals surface area contributed by atoms with Crippen molar-refractivity contribution in [1.82, 2.24) is 10.2 Å². The lowest BCUT2D eigenvalue weighted by Gasteiger charge is -2.17. The van der Waals surface area contributed by atoms with Crippen LogP contribution in [0.3, 0.4) is 0 Å². The Morgan fingerprint density at radius 1 is 1.53 bits per heavy atom. The first-order valence-electron chi connectivity index (χ1n) is 5.37. The van der Waals surface area contributed by atoms with Gasteiger partial charge in [-0.1, -0.05) is 11.6 Å². The van der Waals surface area contributed by atoms with Crippen LogP contribution in [0, 0.1) is 5.82 Å². The average Bonchev–Trinajstić information content (AvgIpc) is 2.30. The molecule has 0 aromatic heterocycles. The van der Waals surface area contributed by atoms with E-state index in [4.69, 9.17) is 11.6 Å². The minimum absolute atomic E-state index is 0.0186. The van der Waals surface area contributed by atoms with Gasteiger partial charge in [0.1, 0.15) is 5.82 Å². The van der Waals surface area contributed by atoms with Crippen LogP contribution in [0.5, 0.6) is 0 Å². The molecular weight excluding hydrogens is 243 g/mol. The van der Waals surface area contributed by atoms with Gasteiger partial charge in [-0.2, -0.15) is 0 Å². The number of carbonyl (C=O) groups is 1. The molecule has 0 heterocycles. The monoisotopic (exact) mass is 258 g/mol. The Balaban J connectivity index is 2.55. The molecule has 0 aliphatic carbocycles. The Morgan fingerprint density at radius 3 is 2.88 bits per heavy atom. The molecule has 1 aromatic carbocycles. The predicted octanol–water partition coefficient (Wildman–Crippen LogP) is 1.70. The predicted molar refractivity (Wildman–Crippen MR) is 66.7 cm³/mol.